The molecule has 2 aliphatic carbocycles. The van der Waals surface area contributed by atoms with E-state index in [-0.39, 0.29) is 23.8 Å². The molecule has 1 aromatic carbocycles. The highest BCUT2D eigenvalue weighted by molar-refractivity contribution is 5.85. The Morgan fingerprint density at radius 3 is 2.46 bits per heavy atom. The van der Waals surface area contributed by atoms with Gasteiger partial charge in [-0.25, -0.2) is 4.39 Å². The maximum Gasteiger partial charge on any atom is 0.123 e. The summed E-state index contributed by atoms with van der Waals surface area (Å²) in [5.41, 5.74) is 1.41. The van der Waals surface area contributed by atoms with Gasteiger partial charge in [-0.05, 0) is 74.7 Å². The molecular weight excluding hydrogens is 323 g/mol. The molecule has 0 radical (unpaired) electrons. The van der Waals surface area contributed by atoms with Crippen LogP contribution in [0.15, 0.2) is 24.3 Å². The molecule has 134 valence electrons. The summed E-state index contributed by atoms with van der Waals surface area (Å²) in [4.78, 5) is 2.60. The molecule has 1 N–H and O–H groups in total. The van der Waals surface area contributed by atoms with E-state index in [2.05, 4.69) is 10.2 Å². The Balaban J connectivity index is 0.00000169. The van der Waals surface area contributed by atoms with Gasteiger partial charge in [0.2, 0.25) is 0 Å². The lowest BCUT2D eigenvalue weighted by atomic mass is 9.75. The maximum absolute atomic E-state index is 13.4. The fourth-order valence-electron chi connectivity index (χ4n) is 5.37. The number of benzene rings is 1. The molecule has 1 heterocycles. The van der Waals surface area contributed by atoms with Crippen molar-refractivity contribution in [3.63, 3.8) is 0 Å². The van der Waals surface area contributed by atoms with Crippen LogP contribution in [-0.4, -0.2) is 31.1 Å². The van der Waals surface area contributed by atoms with E-state index < -0.39 is 0 Å². The summed E-state index contributed by atoms with van der Waals surface area (Å²) in [5, 5.41) is 3.95. The number of nitrogens with zero attached hydrogens (tertiary/aromatic N) is 1. The Kier molecular flexibility index (Phi) is 5.84. The summed E-state index contributed by atoms with van der Waals surface area (Å²) in [5.74, 6) is 1.48. The number of piperidine rings is 1. The number of nitrogens with one attached hydrogen (secondary N) is 1. The quantitative estimate of drug-likeness (QED) is 0.848. The molecule has 1 aliphatic heterocycles. The fraction of sp³-hybridized carbons (Fsp3) is 0.700. The van der Waals surface area contributed by atoms with Gasteiger partial charge in [0.25, 0.3) is 0 Å². The van der Waals surface area contributed by atoms with Crippen molar-refractivity contribution < 1.29 is 4.39 Å². The van der Waals surface area contributed by atoms with Crippen LogP contribution in [0.25, 0.3) is 0 Å². The molecule has 2 saturated carbocycles. The van der Waals surface area contributed by atoms with Crippen LogP contribution in [0.1, 0.15) is 50.5 Å². The zero-order valence-corrected chi connectivity index (χ0v) is 15.3. The van der Waals surface area contributed by atoms with Crippen LogP contribution >= 0.6 is 12.4 Å². The average Bonchev–Trinajstić information content (AvgIpc) is 3.18. The van der Waals surface area contributed by atoms with Crippen LogP contribution in [-0.2, 0) is 5.54 Å². The van der Waals surface area contributed by atoms with E-state index in [9.17, 15) is 4.39 Å². The highest BCUT2D eigenvalue weighted by atomic mass is 35.5. The van der Waals surface area contributed by atoms with Crippen LogP contribution in [0, 0.1) is 17.7 Å². The first-order chi connectivity index (χ1) is 11.3. The minimum atomic E-state index is -0.125. The highest BCUT2D eigenvalue weighted by Crippen LogP contribution is 2.55. The number of hydrogen-bond acceptors (Lipinski definition) is 2. The van der Waals surface area contributed by atoms with Gasteiger partial charge >= 0.3 is 0 Å². The van der Waals surface area contributed by atoms with Gasteiger partial charge in [0, 0.05) is 18.6 Å². The molecule has 0 aromatic heterocycles. The molecule has 1 saturated heterocycles. The summed E-state index contributed by atoms with van der Waals surface area (Å²) in [6.45, 7) is 4.73. The maximum atomic E-state index is 13.4. The summed E-state index contributed by atoms with van der Waals surface area (Å²) in [7, 11) is 0. The zero-order valence-electron chi connectivity index (χ0n) is 14.5. The predicted molar refractivity (Wildman–Crippen MR) is 99.1 cm³/mol. The fourth-order valence-corrected chi connectivity index (χ4v) is 5.37. The third kappa shape index (κ3) is 3.49. The van der Waals surface area contributed by atoms with E-state index in [1.54, 1.807) is 12.1 Å². The molecule has 2 nitrogen and oxygen atoms in total. The average molecular weight is 353 g/mol. The monoisotopic (exact) mass is 352 g/mol. The van der Waals surface area contributed by atoms with Crippen molar-refractivity contribution in [2.45, 2.75) is 50.5 Å². The van der Waals surface area contributed by atoms with Crippen molar-refractivity contribution in [2.24, 2.45) is 11.8 Å². The number of fused-ring (bicyclic) bond motifs is 2. The lowest BCUT2D eigenvalue weighted by Crippen LogP contribution is -2.49. The molecule has 4 heteroatoms. The van der Waals surface area contributed by atoms with E-state index in [0.29, 0.717) is 0 Å². The molecule has 1 aromatic rings. The van der Waals surface area contributed by atoms with Gasteiger partial charge in [-0.15, -0.1) is 12.4 Å². The Morgan fingerprint density at radius 1 is 1.08 bits per heavy atom. The van der Waals surface area contributed by atoms with E-state index in [4.69, 9.17) is 0 Å². The molecule has 0 unspecified atom stereocenters. The van der Waals surface area contributed by atoms with Gasteiger partial charge in [-0.2, -0.15) is 0 Å². The van der Waals surface area contributed by atoms with Gasteiger partial charge in [-0.1, -0.05) is 25.0 Å². The largest absolute Gasteiger partial charge is 0.306 e. The molecular formula is C20H30ClFN2. The second-order valence-corrected chi connectivity index (χ2v) is 7.89. The van der Waals surface area contributed by atoms with Crippen LogP contribution in [0.4, 0.5) is 4.39 Å². The van der Waals surface area contributed by atoms with E-state index in [0.717, 1.165) is 24.9 Å². The van der Waals surface area contributed by atoms with E-state index >= 15 is 0 Å². The van der Waals surface area contributed by atoms with Crippen LogP contribution < -0.4 is 5.32 Å². The minimum Gasteiger partial charge on any atom is -0.306 e. The van der Waals surface area contributed by atoms with Crippen LogP contribution in [0.3, 0.4) is 0 Å². The third-order valence-electron chi connectivity index (χ3n) is 6.53. The third-order valence-corrected chi connectivity index (χ3v) is 6.53. The predicted octanol–water partition coefficient (Wildman–Crippen LogP) is 4.34. The molecule has 0 amide bonds. The minimum absolute atomic E-state index is 0. The van der Waals surface area contributed by atoms with Gasteiger partial charge in [0.05, 0.1) is 0 Å². The van der Waals surface area contributed by atoms with E-state index in [1.165, 1.54) is 63.6 Å². The molecule has 3 atom stereocenters. The second kappa shape index (κ2) is 7.72. The second-order valence-electron chi connectivity index (χ2n) is 7.89. The SMILES string of the molecule is Cl.Fc1ccc([C@]2(NCCN3CCCCC3)C[C@H]3CC[C@@H]2C3)cc1. The number of hydrogen-bond donors (Lipinski definition) is 1. The molecule has 24 heavy (non-hydrogen) atoms. The van der Waals surface area contributed by atoms with Crippen molar-refractivity contribution in [2.75, 3.05) is 26.2 Å². The zero-order chi connectivity index (χ0) is 15.7. The summed E-state index contributed by atoms with van der Waals surface area (Å²) in [6, 6.07) is 7.30. The van der Waals surface area contributed by atoms with Gasteiger partial charge < -0.3 is 10.2 Å². The standard InChI is InChI=1S/C20H29FN2.ClH/c21-19-8-6-17(7-9-19)20(15-16-4-5-18(20)14-16)22-10-13-23-11-2-1-3-12-23;/h6-9,16,18,22H,1-5,10-15H2;1H/t16-,18+,20+;/m0./s1. The normalized spacial score (nSPS) is 32.7. The first-order valence-corrected chi connectivity index (χ1v) is 9.50. The lowest BCUT2D eigenvalue weighted by Gasteiger charge is -2.40. The van der Waals surface area contributed by atoms with Gasteiger partial charge in [0.1, 0.15) is 5.82 Å². The Hall–Kier alpha value is -0.640. The molecule has 3 aliphatic rings. The summed E-state index contributed by atoms with van der Waals surface area (Å²) >= 11 is 0. The molecule has 0 spiro atoms. The topological polar surface area (TPSA) is 15.3 Å². The Bertz CT molecular complexity index is 529. The Morgan fingerprint density at radius 2 is 1.83 bits per heavy atom. The smallest absolute Gasteiger partial charge is 0.123 e. The van der Waals surface area contributed by atoms with Gasteiger partial charge in [0.15, 0.2) is 0 Å². The highest BCUT2D eigenvalue weighted by Gasteiger charge is 2.51. The first-order valence-electron chi connectivity index (χ1n) is 9.50. The first kappa shape index (κ1) is 18.2. The van der Waals surface area contributed by atoms with Crippen molar-refractivity contribution in [3.8, 4) is 0 Å². The van der Waals surface area contributed by atoms with Crippen LogP contribution in [0.2, 0.25) is 0 Å². The molecule has 2 bridgehead atoms. The Labute approximate surface area is 151 Å². The molecule has 4 rings (SSSR count). The number of likely N-dealkylation sites (tertiary alicyclic amines) is 1. The number of rotatable bonds is 5. The van der Waals surface area contributed by atoms with E-state index in [1.807, 2.05) is 12.1 Å². The lowest BCUT2D eigenvalue weighted by molar-refractivity contribution is 0.180. The molecule has 3 fully saturated rings. The van der Waals surface area contributed by atoms with Crippen molar-refractivity contribution >= 4 is 12.4 Å². The summed E-state index contributed by atoms with van der Waals surface area (Å²) in [6.07, 6.45) is 9.42. The number of halogens is 2. The van der Waals surface area contributed by atoms with Crippen molar-refractivity contribution in [3.05, 3.63) is 35.6 Å². The van der Waals surface area contributed by atoms with Crippen molar-refractivity contribution in [1.82, 2.24) is 10.2 Å². The van der Waals surface area contributed by atoms with Crippen LogP contribution in [0.5, 0.6) is 0 Å². The summed E-state index contributed by atoms with van der Waals surface area (Å²) < 4.78 is 13.4. The van der Waals surface area contributed by atoms with Crippen molar-refractivity contribution in [1.29, 1.82) is 0 Å². The van der Waals surface area contributed by atoms with Gasteiger partial charge in [-0.3, -0.25) is 0 Å².